The molecule has 6 nitrogen and oxygen atoms in total. The number of carbonyl (C=O) groups is 1. The molecule has 1 fully saturated rings. The van der Waals surface area contributed by atoms with E-state index in [1.165, 1.54) is 16.9 Å². The molecule has 29 heavy (non-hydrogen) atoms. The monoisotopic (exact) mass is 407 g/mol. The second kappa shape index (κ2) is 9.62. The molecule has 0 saturated carbocycles. The Kier molecular flexibility index (Phi) is 6.49. The molecule has 7 heteroatoms. The van der Waals surface area contributed by atoms with Crippen molar-refractivity contribution in [2.75, 3.05) is 18.4 Å². The molecule has 2 aromatic heterocycles. The minimum Gasteiger partial charge on any atom is -0.357 e. The number of hydrogen-bond donors (Lipinski definition) is 2. The van der Waals surface area contributed by atoms with Gasteiger partial charge in [-0.15, -0.1) is 0 Å². The van der Waals surface area contributed by atoms with Gasteiger partial charge in [0.25, 0.3) is 5.91 Å². The number of rotatable bonds is 7. The van der Waals surface area contributed by atoms with Gasteiger partial charge in [-0.25, -0.2) is 4.98 Å². The van der Waals surface area contributed by atoms with Crippen molar-refractivity contribution in [1.82, 2.24) is 20.2 Å². The Morgan fingerprint density at radius 1 is 1.07 bits per heavy atom. The fourth-order valence-electron chi connectivity index (χ4n) is 3.47. The SMILES string of the molecule is O=C(NC1CCN(Cc2ccccc2)CC1)c1cnc(NCc2cccnc2)s1. The number of carbonyl (C=O) groups excluding carboxylic acids is 1. The number of amides is 1. The topological polar surface area (TPSA) is 70.2 Å². The summed E-state index contributed by atoms with van der Waals surface area (Å²) in [6, 6.07) is 14.7. The quantitative estimate of drug-likeness (QED) is 0.627. The molecule has 0 unspecified atom stereocenters. The number of hydrogen-bond acceptors (Lipinski definition) is 6. The highest BCUT2D eigenvalue weighted by Gasteiger charge is 2.22. The first-order valence-corrected chi connectivity index (χ1v) is 10.7. The summed E-state index contributed by atoms with van der Waals surface area (Å²) in [4.78, 5) is 24.1. The Bertz CT molecular complexity index is 907. The number of likely N-dealkylation sites (tertiary alicyclic amines) is 1. The average Bonchev–Trinajstić information content (AvgIpc) is 3.24. The Hall–Kier alpha value is -2.77. The van der Waals surface area contributed by atoms with Gasteiger partial charge in [0.05, 0.1) is 6.20 Å². The lowest BCUT2D eigenvalue weighted by Gasteiger charge is -2.32. The lowest BCUT2D eigenvalue weighted by molar-refractivity contribution is 0.0913. The van der Waals surface area contributed by atoms with E-state index in [1.807, 2.05) is 24.4 Å². The summed E-state index contributed by atoms with van der Waals surface area (Å²) >= 11 is 1.39. The molecule has 1 aliphatic rings. The van der Waals surface area contributed by atoms with E-state index in [0.29, 0.717) is 11.4 Å². The van der Waals surface area contributed by atoms with E-state index in [9.17, 15) is 4.79 Å². The van der Waals surface area contributed by atoms with Gasteiger partial charge in [0.15, 0.2) is 5.13 Å². The normalized spacial score (nSPS) is 15.2. The van der Waals surface area contributed by atoms with Crippen molar-refractivity contribution in [3.05, 3.63) is 77.1 Å². The predicted octanol–water partition coefficient (Wildman–Crippen LogP) is 3.54. The molecule has 0 aliphatic carbocycles. The first-order valence-electron chi connectivity index (χ1n) is 9.92. The van der Waals surface area contributed by atoms with Crippen LogP contribution in [0.1, 0.15) is 33.6 Å². The Balaban J connectivity index is 1.22. The van der Waals surface area contributed by atoms with Crippen molar-refractivity contribution in [3.8, 4) is 0 Å². The lowest BCUT2D eigenvalue weighted by atomic mass is 10.0. The van der Waals surface area contributed by atoms with Gasteiger partial charge in [-0.05, 0) is 30.0 Å². The van der Waals surface area contributed by atoms with Crippen LogP contribution >= 0.6 is 11.3 Å². The molecule has 0 spiro atoms. The standard InChI is InChI=1S/C22H25N5OS/c28-21(20-15-25-22(29-20)24-14-18-7-4-10-23-13-18)26-19-8-11-27(12-9-19)16-17-5-2-1-3-6-17/h1-7,10,13,15,19H,8-9,11-12,14,16H2,(H,24,25)(H,26,28). The third-order valence-corrected chi connectivity index (χ3v) is 6.02. The van der Waals surface area contributed by atoms with E-state index in [-0.39, 0.29) is 11.9 Å². The van der Waals surface area contributed by atoms with Crippen molar-refractivity contribution in [3.63, 3.8) is 0 Å². The molecular formula is C22H25N5OS. The molecule has 1 aromatic carbocycles. The molecule has 1 aliphatic heterocycles. The van der Waals surface area contributed by atoms with Gasteiger partial charge in [0, 0.05) is 44.6 Å². The van der Waals surface area contributed by atoms with Gasteiger partial charge in [0.2, 0.25) is 0 Å². The number of anilines is 1. The second-order valence-corrected chi connectivity index (χ2v) is 8.28. The van der Waals surface area contributed by atoms with Crippen LogP contribution in [-0.4, -0.2) is 39.9 Å². The van der Waals surface area contributed by atoms with Gasteiger partial charge in [-0.3, -0.25) is 14.7 Å². The molecule has 1 amide bonds. The smallest absolute Gasteiger partial charge is 0.263 e. The number of aromatic nitrogens is 2. The third kappa shape index (κ3) is 5.62. The van der Waals surface area contributed by atoms with E-state index >= 15 is 0 Å². The number of benzene rings is 1. The van der Waals surface area contributed by atoms with Crippen molar-refractivity contribution in [1.29, 1.82) is 0 Å². The molecule has 3 aromatic rings. The van der Waals surface area contributed by atoms with E-state index in [0.717, 1.165) is 43.2 Å². The summed E-state index contributed by atoms with van der Waals surface area (Å²) < 4.78 is 0. The molecule has 1 saturated heterocycles. The van der Waals surface area contributed by atoms with Crippen LogP contribution in [0.2, 0.25) is 0 Å². The van der Waals surface area contributed by atoms with Crippen LogP contribution in [0.15, 0.2) is 61.1 Å². The largest absolute Gasteiger partial charge is 0.357 e. The molecule has 2 N–H and O–H groups in total. The van der Waals surface area contributed by atoms with Gasteiger partial charge in [-0.1, -0.05) is 47.7 Å². The van der Waals surface area contributed by atoms with Crippen LogP contribution in [0.3, 0.4) is 0 Å². The number of nitrogens with zero attached hydrogens (tertiary/aromatic N) is 3. The zero-order valence-corrected chi connectivity index (χ0v) is 17.1. The van der Waals surface area contributed by atoms with Crippen LogP contribution in [0.4, 0.5) is 5.13 Å². The molecule has 0 radical (unpaired) electrons. The summed E-state index contributed by atoms with van der Waals surface area (Å²) in [6.45, 7) is 3.62. The Morgan fingerprint density at radius 2 is 1.86 bits per heavy atom. The predicted molar refractivity (Wildman–Crippen MR) is 116 cm³/mol. The van der Waals surface area contributed by atoms with E-state index in [2.05, 4.69) is 49.8 Å². The fraction of sp³-hybridized carbons (Fsp3) is 0.318. The second-order valence-electron chi connectivity index (χ2n) is 7.25. The molecular weight excluding hydrogens is 382 g/mol. The van der Waals surface area contributed by atoms with Crippen LogP contribution in [-0.2, 0) is 13.1 Å². The van der Waals surface area contributed by atoms with Crippen LogP contribution in [0.5, 0.6) is 0 Å². The maximum Gasteiger partial charge on any atom is 0.263 e. The first kappa shape index (κ1) is 19.5. The highest BCUT2D eigenvalue weighted by atomic mass is 32.1. The fourth-order valence-corrected chi connectivity index (χ4v) is 4.19. The van der Waals surface area contributed by atoms with Gasteiger partial charge in [0.1, 0.15) is 4.88 Å². The maximum absolute atomic E-state index is 12.6. The third-order valence-electron chi connectivity index (χ3n) is 5.07. The van der Waals surface area contributed by atoms with Crippen molar-refractivity contribution in [2.45, 2.75) is 32.0 Å². The molecule has 150 valence electrons. The van der Waals surface area contributed by atoms with Crippen molar-refractivity contribution in [2.24, 2.45) is 0 Å². The number of piperidine rings is 1. The molecule has 0 atom stereocenters. The zero-order valence-electron chi connectivity index (χ0n) is 16.3. The van der Waals surface area contributed by atoms with Crippen LogP contribution in [0, 0.1) is 0 Å². The zero-order chi connectivity index (χ0) is 19.9. The summed E-state index contributed by atoms with van der Waals surface area (Å²) in [7, 11) is 0. The van der Waals surface area contributed by atoms with E-state index in [1.54, 1.807) is 12.4 Å². The average molecular weight is 408 g/mol. The van der Waals surface area contributed by atoms with E-state index < -0.39 is 0 Å². The highest BCUT2D eigenvalue weighted by molar-refractivity contribution is 7.17. The number of thiazole rings is 1. The summed E-state index contributed by atoms with van der Waals surface area (Å²) in [5.74, 6) is -0.0292. The Labute approximate surface area is 175 Å². The van der Waals surface area contributed by atoms with Crippen LogP contribution in [0.25, 0.3) is 0 Å². The van der Waals surface area contributed by atoms with Gasteiger partial charge >= 0.3 is 0 Å². The van der Waals surface area contributed by atoms with Crippen LogP contribution < -0.4 is 10.6 Å². The minimum atomic E-state index is -0.0292. The van der Waals surface area contributed by atoms with E-state index in [4.69, 9.17) is 0 Å². The summed E-state index contributed by atoms with van der Waals surface area (Å²) in [6.07, 6.45) is 7.17. The van der Waals surface area contributed by atoms with Crippen molar-refractivity contribution >= 4 is 22.4 Å². The van der Waals surface area contributed by atoms with Gasteiger partial charge < -0.3 is 10.6 Å². The van der Waals surface area contributed by atoms with Crippen molar-refractivity contribution < 1.29 is 4.79 Å². The summed E-state index contributed by atoms with van der Waals surface area (Å²) in [5, 5.41) is 7.17. The first-order chi connectivity index (χ1) is 14.3. The number of nitrogens with one attached hydrogen (secondary N) is 2. The number of pyridine rings is 1. The Morgan fingerprint density at radius 3 is 2.62 bits per heavy atom. The molecule has 4 rings (SSSR count). The molecule has 0 bridgehead atoms. The lowest BCUT2D eigenvalue weighted by Crippen LogP contribution is -2.44. The summed E-state index contributed by atoms with van der Waals surface area (Å²) in [5.41, 5.74) is 2.42. The maximum atomic E-state index is 12.6. The highest BCUT2D eigenvalue weighted by Crippen LogP contribution is 2.20. The van der Waals surface area contributed by atoms with Gasteiger partial charge in [-0.2, -0.15) is 0 Å². The minimum absolute atomic E-state index is 0.0292. The molecule has 3 heterocycles.